The van der Waals surface area contributed by atoms with Crippen molar-refractivity contribution in [3.05, 3.63) is 22.4 Å². The number of likely N-dealkylation sites (N-methyl/N-ethyl adjacent to an activating group) is 1. The van der Waals surface area contributed by atoms with Crippen LogP contribution in [0.1, 0.15) is 23.2 Å². The van der Waals surface area contributed by atoms with Gasteiger partial charge in [-0.2, -0.15) is 11.3 Å². The number of hydrogen-bond donors (Lipinski definition) is 0. The summed E-state index contributed by atoms with van der Waals surface area (Å²) in [7, 11) is 2.15. The Balaban J connectivity index is 1.84. The minimum atomic E-state index is 0.238. The molecule has 2 atom stereocenters. The largest absolute Gasteiger partial charge is 0.330 e. The highest BCUT2D eigenvalue weighted by atomic mass is 32.1. The molecule has 1 amide bonds. The number of nitrogens with zero attached hydrogens (tertiary/aromatic N) is 2. The van der Waals surface area contributed by atoms with E-state index in [-0.39, 0.29) is 5.91 Å². The first-order valence-corrected chi connectivity index (χ1v) is 6.73. The lowest BCUT2D eigenvalue weighted by Crippen LogP contribution is -2.54. The van der Waals surface area contributed by atoms with Crippen molar-refractivity contribution in [3.63, 3.8) is 0 Å². The van der Waals surface area contributed by atoms with Crippen LogP contribution in [0.4, 0.5) is 0 Å². The summed E-state index contributed by atoms with van der Waals surface area (Å²) in [6.07, 6.45) is 2.34. The Hall–Kier alpha value is -0.870. The maximum absolute atomic E-state index is 12.3. The van der Waals surface area contributed by atoms with E-state index >= 15 is 0 Å². The third kappa shape index (κ3) is 1.57. The highest BCUT2D eigenvalue weighted by Crippen LogP contribution is 2.31. The van der Waals surface area contributed by atoms with Crippen LogP contribution < -0.4 is 0 Å². The monoisotopic (exact) mass is 236 g/mol. The van der Waals surface area contributed by atoms with Crippen molar-refractivity contribution < 1.29 is 4.79 Å². The Kier molecular flexibility index (Phi) is 2.48. The zero-order valence-electron chi connectivity index (χ0n) is 9.43. The quantitative estimate of drug-likeness (QED) is 0.740. The summed E-state index contributed by atoms with van der Waals surface area (Å²) >= 11 is 1.60. The fraction of sp³-hybridized carbons (Fsp3) is 0.583. The van der Waals surface area contributed by atoms with Gasteiger partial charge in [0.05, 0.1) is 5.56 Å². The molecular formula is C12H16N2OS. The van der Waals surface area contributed by atoms with Crippen molar-refractivity contribution in [1.82, 2.24) is 9.80 Å². The van der Waals surface area contributed by atoms with Crippen molar-refractivity contribution in [1.29, 1.82) is 0 Å². The van der Waals surface area contributed by atoms with Crippen LogP contribution in [-0.2, 0) is 0 Å². The summed E-state index contributed by atoms with van der Waals surface area (Å²) < 4.78 is 0. The molecule has 2 bridgehead atoms. The second-order valence-corrected chi connectivity index (χ2v) is 5.61. The minimum absolute atomic E-state index is 0.238. The Bertz CT molecular complexity index is 376. The zero-order chi connectivity index (χ0) is 11.1. The summed E-state index contributed by atoms with van der Waals surface area (Å²) in [5.41, 5.74) is 0.867. The normalized spacial score (nSPS) is 29.7. The highest BCUT2D eigenvalue weighted by Gasteiger charge is 2.41. The Morgan fingerprint density at radius 2 is 2.06 bits per heavy atom. The maximum Gasteiger partial charge on any atom is 0.255 e. The van der Waals surface area contributed by atoms with E-state index in [4.69, 9.17) is 0 Å². The molecule has 1 aromatic heterocycles. The van der Waals surface area contributed by atoms with Crippen LogP contribution in [0.15, 0.2) is 16.8 Å². The number of piperazine rings is 1. The second kappa shape index (κ2) is 3.86. The number of carbonyl (C=O) groups is 1. The van der Waals surface area contributed by atoms with Gasteiger partial charge in [-0.1, -0.05) is 0 Å². The predicted octanol–water partition coefficient (Wildman–Crippen LogP) is 1.67. The summed E-state index contributed by atoms with van der Waals surface area (Å²) in [4.78, 5) is 16.8. The van der Waals surface area contributed by atoms with Crippen LogP contribution in [0, 0.1) is 0 Å². The van der Waals surface area contributed by atoms with Crippen LogP contribution >= 0.6 is 11.3 Å². The van der Waals surface area contributed by atoms with Crippen LogP contribution in [-0.4, -0.2) is 47.9 Å². The number of fused-ring (bicyclic) bond motifs is 2. The fourth-order valence-corrected chi connectivity index (χ4v) is 3.61. The van der Waals surface area contributed by atoms with Gasteiger partial charge in [-0.15, -0.1) is 0 Å². The molecule has 4 heteroatoms. The van der Waals surface area contributed by atoms with Gasteiger partial charge in [0.2, 0.25) is 0 Å². The lowest BCUT2D eigenvalue weighted by molar-refractivity contribution is 0.0473. The van der Waals surface area contributed by atoms with Crippen LogP contribution in [0.5, 0.6) is 0 Å². The number of thiophene rings is 1. The molecule has 0 saturated carbocycles. The molecule has 16 heavy (non-hydrogen) atoms. The average molecular weight is 236 g/mol. The third-order valence-corrected chi connectivity index (χ3v) is 4.35. The van der Waals surface area contributed by atoms with E-state index in [9.17, 15) is 4.79 Å². The van der Waals surface area contributed by atoms with Crippen molar-refractivity contribution in [2.45, 2.75) is 24.9 Å². The topological polar surface area (TPSA) is 23.6 Å². The van der Waals surface area contributed by atoms with Crippen molar-refractivity contribution in [3.8, 4) is 0 Å². The van der Waals surface area contributed by atoms with E-state index in [2.05, 4.69) is 16.8 Å². The van der Waals surface area contributed by atoms with E-state index in [1.165, 1.54) is 12.8 Å². The van der Waals surface area contributed by atoms with Gasteiger partial charge in [-0.25, -0.2) is 0 Å². The molecule has 0 aliphatic carbocycles. The summed E-state index contributed by atoms with van der Waals surface area (Å²) in [5, 5.41) is 3.94. The second-order valence-electron chi connectivity index (χ2n) is 4.83. The van der Waals surface area contributed by atoms with Crippen molar-refractivity contribution in [2.24, 2.45) is 0 Å². The number of carbonyl (C=O) groups excluding carboxylic acids is 1. The fourth-order valence-electron chi connectivity index (χ4n) is 2.98. The van der Waals surface area contributed by atoms with Crippen molar-refractivity contribution in [2.75, 3.05) is 20.1 Å². The lowest BCUT2D eigenvalue weighted by Gasteiger charge is -2.39. The summed E-state index contributed by atoms with van der Waals surface area (Å²) in [5.74, 6) is 0.238. The molecule has 1 aromatic rings. The van der Waals surface area contributed by atoms with E-state index in [0.29, 0.717) is 12.1 Å². The number of amides is 1. The summed E-state index contributed by atoms with van der Waals surface area (Å²) in [6.45, 7) is 2.07. The average Bonchev–Trinajstić information content (AvgIpc) is 2.85. The third-order valence-electron chi connectivity index (χ3n) is 3.67. The van der Waals surface area contributed by atoms with Crippen LogP contribution in [0.3, 0.4) is 0 Å². The van der Waals surface area contributed by atoms with Gasteiger partial charge in [0.1, 0.15) is 0 Å². The van der Waals surface area contributed by atoms with Gasteiger partial charge >= 0.3 is 0 Å². The number of hydrogen-bond acceptors (Lipinski definition) is 3. The minimum Gasteiger partial charge on any atom is -0.330 e. The van der Waals surface area contributed by atoms with E-state index in [1.807, 2.05) is 16.8 Å². The molecule has 0 aromatic carbocycles. The molecule has 86 valence electrons. The smallest absolute Gasteiger partial charge is 0.255 e. The van der Waals surface area contributed by atoms with Gasteiger partial charge in [-0.05, 0) is 31.3 Å². The molecule has 2 fully saturated rings. The van der Waals surface area contributed by atoms with Crippen molar-refractivity contribution >= 4 is 17.2 Å². The Morgan fingerprint density at radius 1 is 1.38 bits per heavy atom. The molecule has 3 heterocycles. The standard InChI is InChI=1S/C12H16N2OS/c1-13-6-10-2-3-11(7-13)14(10)12(15)9-4-5-16-8-9/h4-5,8,10-11H,2-3,6-7H2,1H3. The molecule has 0 radical (unpaired) electrons. The van der Waals surface area contributed by atoms with Gasteiger partial charge < -0.3 is 9.80 Å². The SMILES string of the molecule is CN1CC2CCC(C1)N2C(=O)c1ccsc1. The highest BCUT2D eigenvalue weighted by molar-refractivity contribution is 7.08. The first kappa shape index (κ1) is 10.3. The number of likely N-dealkylation sites (tertiary alicyclic amines) is 1. The molecule has 2 unspecified atom stereocenters. The predicted molar refractivity (Wildman–Crippen MR) is 64.8 cm³/mol. The molecule has 3 rings (SSSR count). The van der Waals surface area contributed by atoms with Gasteiger partial charge in [0, 0.05) is 30.6 Å². The first-order valence-electron chi connectivity index (χ1n) is 5.79. The Morgan fingerprint density at radius 3 is 2.62 bits per heavy atom. The molecule has 2 saturated heterocycles. The van der Waals surface area contributed by atoms with E-state index in [1.54, 1.807) is 11.3 Å². The molecule has 0 spiro atoms. The zero-order valence-corrected chi connectivity index (χ0v) is 10.2. The molecule has 2 aliphatic heterocycles. The van der Waals surface area contributed by atoms with Crippen LogP contribution in [0.2, 0.25) is 0 Å². The Labute approximate surface area is 99.7 Å². The molecular weight excluding hydrogens is 220 g/mol. The van der Waals surface area contributed by atoms with Crippen LogP contribution in [0.25, 0.3) is 0 Å². The molecule has 3 nitrogen and oxygen atoms in total. The number of rotatable bonds is 1. The van der Waals surface area contributed by atoms with E-state index < -0.39 is 0 Å². The lowest BCUT2D eigenvalue weighted by atomic mass is 10.1. The summed E-state index contributed by atoms with van der Waals surface area (Å²) in [6, 6.07) is 2.82. The van der Waals surface area contributed by atoms with Gasteiger partial charge in [0.25, 0.3) is 5.91 Å². The van der Waals surface area contributed by atoms with E-state index in [0.717, 1.165) is 18.7 Å². The molecule has 2 aliphatic rings. The maximum atomic E-state index is 12.3. The first-order chi connectivity index (χ1) is 7.75. The van der Waals surface area contributed by atoms with Gasteiger partial charge in [-0.3, -0.25) is 4.79 Å². The van der Waals surface area contributed by atoms with Gasteiger partial charge in [0.15, 0.2) is 0 Å². The molecule has 0 N–H and O–H groups in total.